The van der Waals surface area contributed by atoms with Crippen molar-refractivity contribution in [3.63, 3.8) is 0 Å². The minimum atomic E-state index is -1.25. The van der Waals surface area contributed by atoms with E-state index in [1.165, 1.54) is 29.2 Å². The van der Waals surface area contributed by atoms with E-state index in [4.69, 9.17) is 10.5 Å². The molecule has 0 amide bonds. The number of halogens is 2. The highest BCUT2D eigenvalue weighted by atomic mass is 19.1. The zero-order valence-electron chi connectivity index (χ0n) is 15.9. The molecule has 1 saturated carbocycles. The molecule has 1 fully saturated rings. The quantitative estimate of drug-likeness (QED) is 0.503. The van der Waals surface area contributed by atoms with Gasteiger partial charge in [-0.1, -0.05) is 0 Å². The van der Waals surface area contributed by atoms with Gasteiger partial charge in [-0.2, -0.15) is 0 Å². The molecule has 1 aliphatic heterocycles. The van der Waals surface area contributed by atoms with E-state index in [-0.39, 0.29) is 23.3 Å². The van der Waals surface area contributed by atoms with E-state index in [1.807, 2.05) is 0 Å². The maximum Gasteiger partial charge on any atom is 0.154 e. The molecule has 2 aromatic heterocycles. The average molecular weight is 417 g/mol. The summed E-state index contributed by atoms with van der Waals surface area (Å²) in [6.45, 7) is 1.28. The number of fused-ring (bicyclic) bond motifs is 2. The molecule has 4 atom stereocenters. The van der Waals surface area contributed by atoms with Crippen LogP contribution in [0.5, 0.6) is 5.75 Å². The van der Waals surface area contributed by atoms with Gasteiger partial charge >= 0.3 is 0 Å². The van der Waals surface area contributed by atoms with E-state index in [2.05, 4.69) is 15.3 Å². The van der Waals surface area contributed by atoms with Crippen LogP contribution in [0.3, 0.4) is 0 Å². The number of anilines is 1. The van der Waals surface area contributed by atoms with Crippen LogP contribution in [0.25, 0.3) is 11.0 Å². The number of rotatable bonds is 3. The van der Waals surface area contributed by atoms with Gasteiger partial charge in [0.2, 0.25) is 0 Å². The number of hydrogen-bond acceptors (Lipinski definition) is 7. The minimum absolute atomic E-state index is 0.00373. The molecule has 2 aliphatic rings. The molecule has 30 heavy (non-hydrogen) atoms. The summed E-state index contributed by atoms with van der Waals surface area (Å²) in [7, 11) is 0. The van der Waals surface area contributed by atoms with Gasteiger partial charge < -0.3 is 30.6 Å². The fourth-order valence-electron chi connectivity index (χ4n) is 4.47. The fourth-order valence-corrected chi connectivity index (χ4v) is 4.47. The number of aliphatic hydroxyl groups excluding tert-OH is 2. The summed E-state index contributed by atoms with van der Waals surface area (Å²) in [4.78, 5) is 7.88. The highest BCUT2D eigenvalue weighted by molar-refractivity contribution is 5.86. The van der Waals surface area contributed by atoms with Crippen molar-refractivity contribution in [2.75, 3.05) is 12.3 Å². The van der Waals surface area contributed by atoms with Gasteiger partial charge in [-0.3, -0.25) is 0 Å². The summed E-state index contributed by atoms with van der Waals surface area (Å²) in [6.07, 6.45) is -0.0319. The molecule has 158 valence electrons. The van der Waals surface area contributed by atoms with Crippen LogP contribution in [-0.4, -0.2) is 49.6 Å². The number of nitrogen functional groups attached to an aromatic ring is 1. The SMILES string of the molecule is Nc1ncnc2c1c(F)cn2C1CC(Oc2cc(F)cc3c2CNCC3)[C@@H](O)[C@H]1O. The molecular formula is C20H21F2N5O3. The maximum absolute atomic E-state index is 14.4. The lowest BCUT2D eigenvalue weighted by molar-refractivity contribution is -0.0167. The monoisotopic (exact) mass is 417 g/mol. The second-order valence-corrected chi connectivity index (χ2v) is 7.75. The maximum atomic E-state index is 14.4. The van der Waals surface area contributed by atoms with Gasteiger partial charge in [-0.15, -0.1) is 0 Å². The number of ether oxygens (including phenoxy) is 1. The van der Waals surface area contributed by atoms with Crippen molar-refractivity contribution in [1.29, 1.82) is 0 Å². The number of nitrogens with zero attached hydrogens (tertiary/aromatic N) is 3. The predicted octanol–water partition coefficient (Wildman–Crippen LogP) is 1.05. The molecule has 8 nitrogen and oxygen atoms in total. The Balaban J connectivity index is 1.47. The predicted molar refractivity (Wildman–Crippen MR) is 104 cm³/mol. The molecule has 10 heteroatoms. The largest absolute Gasteiger partial charge is 0.487 e. The van der Waals surface area contributed by atoms with Crippen LogP contribution in [0.4, 0.5) is 14.6 Å². The summed E-state index contributed by atoms with van der Waals surface area (Å²) in [5.41, 5.74) is 7.68. The number of aromatic nitrogens is 3. The van der Waals surface area contributed by atoms with Gasteiger partial charge in [-0.25, -0.2) is 18.7 Å². The van der Waals surface area contributed by atoms with E-state index >= 15 is 0 Å². The normalized spacial score (nSPS) is 26.1. The van der Waals surface area contributed by atoms with E-state index in [0.29, 0.717) is 18.7 Å². The number of nitrogens with two attached hydrogens (primary N) is 1. The fraction of sp³-hybridized carbons (Fsp3) is 0.400. The standard InChI is InChI=1S/C20H21F2N5O3/c21-10-3-9-1-2-24-6-11(9)14(4-10)30-15-5-13(17(28)18(15)29)27-7-12(22)16-19(23)25-8-26-20(16)27/h3-4,7-8,13,15,17-18,24,28-29H,1-2,5-6H2,(H2,23,25,26)/t13?,15?,17-,18+/m0/s1. The van der Waals surface area contributed by atoms with Crippen LogP contribution in [-0.2, 0) is 13.0 Å². The third-order valence-corrected chi connectivity index (χ3v) is 5.97. The molecule has 0 saturated heterocycles. The first kappa shape index (κ1) is 19.2. The van der Waals surface area contributed by atoms with Crippen molar-refractivity contribution >= 4 is 16.9 Å². The van der Waals surface area contributed by atoms with Crippen LogP contribution >= 0.6 is 0 Å². The van der Waals surface area contributed by atoms with E-state index in [1.54, 1.807) is 0 Å². The van der Waals surface area contributed by atoms with Crippen molar-refractivity contribution in [3.05, 3.63) is 47.4 Å². The highest BCUT2D eigenvalue weighted by Gasteiger charge is 2.45. The van der Waals surface area contributed by atoms with Crippen molar-refractivity contribution < 1.29 is 23.7 Å². The van der Waals surface area contributed by atoms with Gasteiger partial charge in [0.15, 0.2) is 5.82 Å². The Morgan fingerprint density at radius 3 is 2.87 bits per heavy atom. The third kappa shape index (κ3) is 2.99. The second-order valence-electron chi connectivity index (χ2n) is 7.75. The second kappa shape index (κ2) is 7.15. The molecule has 0 radical (unpaired) electrons. The zero-order chi connectivity index (χ0) is 21.0. The summed E-state index contributed by atoms with van der Waals surface area (Å²) in [5, 5.41) is 24.6. The topological polar surface area (TPSA) is 118 Å². The smallest absolute Gasteiger partial charge is 0.154 e. The molecule has 3 aromatic rings. The van der Waals surface area contributed by atoms with Gasteiger partial charge in [-0.05, 0) is 24.6 Å². The van der Waals surface area contributed by atoms with Crippen LogP contribution in [0, 0.1) is 11.6 Å². The van der Waals surface area contributed by atoms with Crippen molar-refractivity contribution in [1.82, 2.24) is 19.9 Å². The molecule has 1 aliphatic carbocycles. The van der Waals surface area contributed by atoms with Crippen LogP contribution in [0.1, 0.15) is 23.6 Å². The molecule has 2 unspecified atom stereocenters. The van der Waals surface area contributed by atoms with Gasteiger partial charge in [0.1, 0.15) is 47.7 Å². The van der Waals surface area contributed by atoms with E-state index in [0.717, 1.165) is 17.7 Å². The summed E-state index contributed by atoms with van der Waals surface area (Å²) >= 11 is 0. The van der Waals surface area contributed by atoms with Gasteiger partial charge in [0, 0.05) is 30.8 Å². The van der Waals surface area contributed by atoms with Crippen molar-refractivity contribution in [2.24, 2.45) is 0 Å². The van der Waals surface area contributed by atoms with Crippen LogP contribution in [0.2, 0.25) is 0 Å². The molecule has 5 N–H and O–H groups in total. The van der Waals surface area contributed by atoms with Gasteiger partial charge in [0.05, 0.1) is 11.4 Å². The Hall–Kier alpha value is -2.82. The summed E-state index contributed by atoms with van der Waals surface area (Å²) in [5.74, 6) is -0.694. The van der Waals surface area contributed by atoms with Gasteiger partial charge in [0.25, 0.3) is 0 Å². The van der Waals surface area contributed by atoms with Crippen LogP contribution in [0.15, 0.2) is 24.7 Å². The Kier molecular flexibility index (Phi) is 4.57. The molecular weight excluding hydrogens is 396 g/mol. The molecule has 0 bridgehead atoms. The molecule has 3 heterocycles. The Labute approximate surface area is 170 Å². The lowest BCUT2D eigenvalue weighted by Gasteiger charge is -2.24. The lowest BCUT2D eigenvalue weighted by atomic mass is 10.00. The first-order chi connectivity index (χ1) is 14.4. The molecule has 5 rings (SSSR count). The Bertz CT molecular complexity index is 1120. The van der Waals surface area contributed by atoms with E-state index < -0.39 is 36.0 Å². The minimum Gasteiger partial charge on any atom is -0.487 e. The first-order valence-corrected chi connectivity index (χ1v) is 9.75. The average Bonchev–Trinajstić information content (AvgIpc) is 3.20. The number of benzene rings is 1. The van der Waals surface area contributed by atoms with Crippen molar-refractivity contribution in [2.45, 2.75) is 43.7 Å². The number of hydrogen-bond donors (Lipinski definition) is 4. The first-order valence-electron chi connectivity index (χ1n) is 9.75. The molecule has 0 spiro atoms. The number of aliphatic hydroxyl groups is 2. The van der Waals surface area contributed by atoms with E-state index in [9.17, 15) is 19.0 Å². The third-order valence-electron chi connectivity index (χ3n) is 5.97. The Morgan fingerprint density at radius 2 is 2.03 bits per heavy atom. The lowest BCUT2D eigenvalue weighted by Crippen LogP contribution is -2.35. The van der Waals surface area contributed by atoms with Crippen LogP contribution < -0.4 is 15.8 Å². The number of nitrogens with one attached hydrogen (secondary N) is 1. The summed E-state index contributed by atoms with van der Waals surface area (Å²) < 4.78 is 35.9. The zero-order valence-corrected chi connectivity index (χ0v) is 15.9. The van der Waals surface area contributed by atoms with Crippen molar-refractivity contribution in [3.8, 4) is 5.75 Å². The summed E-state index contributed by atoms with van der Waals surface area (Å²) in [6, 6.07) is 2.08. The Morgan fingerprint density at radius 1 is 1.20 bits per heavy atom. The highest BCUT2D eigenvalue weighted by Crippen LogP contribution is 2.38. The molecule has 1 aromatic carbocycles.